The summed E-state index contributed by atoms with van der Waals surface area (Å²) in [6, 6.07) is 11.5. The third-order valence-corrected chi connectivity index (χ3v) is 4.16. The molecular formula is C16H15BrN2O. The fraction of sp³-hybridized carbons (Fsp3) is 0.188. The van der Waals surface area contributed by atoms with E-state index < -0.39 is 0 Å². The van der Waals surface area contributed by atoms with Crippen molar-refractivity contribution in [1.82, 2.24) is 0 Å². The largest absolute Gasteiger partial charge is 0.399 e. The van der Waals surface area contributed by atoms with Crippen LogP contribution in [0, 0.1) is 6.92 Å². The Hall–Kier alpha value is -1.81. The lowest BCUT2D eigenvalue weighted by atomic mass is 10.1. The van der Waals surface area contributed by atoms with E-state index >= 15 is 0 Å². The number of fused-ring (bicyclic) bond motifs is 1. The fourth-order valence-electron chi connectivity index (χ4n) is 2.62. The summed E-state index contributed by atoms with van der Waals surface area (Å²) >= 11 is 3.42. The summed E-state index contributed by atoms with van der Waals surface area (Å²) in [4.78, 5) is 14.5. The van der Waals surface area contributed by atoms with Gasteiger partial charge in [0, 0.05) is 28.0 Å². The topological polar surface area (TPSA) is 46.3 Å². The average Bonchev–Trinajstić information content (AvgIpc) is 2.81. The van der Waals surface area contributed by atoms with E-state index in [0.29, 0.717) is 12.2 Å². The second-order valence-electron chi connectivity index (χ2n) is 5.05. The molecule has 0 spiro atoms. The number of nitrogens with two attached hydrogens (primary N) is 1. The number of hydrogen-bond donors (Lipinski definition) is 1. The summed E-state index contributed by atoms with van der Waals surface area (Å²) in [5.74, 6) is 0.0411. The second-order valence-corrected chi connectivity index (χ2v) is 5.97. The van der Waals surface area contributed by atoms with Crippen molar-refractivity contribution in [3.8, 4) is 0 Å². The average molecular weight is 331 g/mol. The minimum absolute atomic E-state index is 0.0411. The van der Waals surface area contributed by atoms with Gasteiger partial charge in [-0.2, -0.15) is 0 Å². The monoisotopic (exact) mass is 330 g/mol. The predicted octanol–water partition coefficient (Wildman–Crippen LogP) is 3.54. The third kappa shape index (κ3) is 2.20. The Labute approximate surface area is 126 Å². The quantitative estimate of drug-likeness (QED) is 0.813. The molecule has 0 aromatic heterocycles. The molecule has 1 amide bonds. The van der Waals surface area contributed by atoms with E-state index in [2.05, 4.69) is 15.9 Å². The molecule has 2 N–H and O–H groups in total. The van der Waals surface area contributed by atoms with Gasteiger partial charge in [-0.1, -0.05) is 22.0 Å². The van der Waals surface area contributed by atoms with Crippen molar-refractivity contribution in [3.05, 3.63) is 57.6 Å². The van der Waals surface area contributed by atoms with Crippen LogP contribution in [0.4, 0.5) is 11.4 Å². The molecule has 1 aliphatic rings. The number of nitrogens with zero attached hydrogens (tertiary/aromatic N) is 1. The van der Waals surface area contributed by atoms with E-state index in [0.717, 1.165) is 27.7 Å². The van der Waals surface area contributed by atoms with E-state index in [1.807, 2.05) is 48.2 Å². The Balaban J connectivity index is 1.99. The molecule has 0 saturated carbocycles. The highest BCUT2D eigenvalue weighted by atomic mass is 79.9. The van der Waals surface area contributed by atoms with Crippen molar-refractivity contribution < 1.29 is 4.79 Å². The zero-order chi connectivity index (χ0) is 14.3. The van der Waals surface area contributed by atoms with Crippen molar-refractivity contribution in [2.75, 3.05) is 17.2 Å². The lowest BCUT2D eigenvalue weighted by molar-refractivity contribution is 0.0989. The first-order chi connectivity index (χ1) is 9.56. The number of carbonyl (C=O) groups excluding carboxylic acids is 1. The van der Waals surface area contributed by atoms with Gasteiger partial charge in [0.1, 0.15) is 0 Å². The Morgan fingerprint density at radius 3 is 2.80 bits per heavy atom. The van der Waals surface area contributed by atoms with Crippen LogP contribution in [-0.4, -0.2) is 12.5 Å². The molecule has 0 atom stereocenters. The van der Waals surface area contributed by atoms with Crippen LogP contribution in [0.1, 0.15) is 21.5 Å². The first-order valence-electron chi connectivity index (χ1n) is 6.52. The number of anilines is 2. The first kappa shape index (κ1) is 13.2. The van der Waals surface area contributed by atoms with Gasteiger partial charge >= 0.3 is 0 Å². The molecule has 0 fully saturated rings. The smallest absolute Gasteiger partial charge is 0.258 e. The number of halogens is 1. The normalized spacial score (nSPS) is 13.4. The van der Waals surface area contributed by atoms with Crippen molar-refractivity contribution in [1.29, 1.82) is 0 Å². The van der Waals surface area contributed by atoms with Crippen LogP contribution in [-0.2, 0) is 6.42 Å². The van der Waals surface area contributed by atoms with Gasteiger partial charge in [-0.05, 0) is 54.8 Å². The van der Waals surface area contributed by atoms with E-state index in [9.17, 15) is 4.79 Å². The number of nitrogen functional groups attached to an aromatic ring is 1. The summed E-state index contributed by atoms with van der Waals surface area (Å²) in [5.41, 5.74) is 10.4. The maximum absolute atomic E-state index is 12.7. The van der Waals surface area contributed by atoms with Gasteiger partial charge in [0.05, 0.1) is 0 Å². The first-order valence-corrected chi connectivity index (χ1v) is 7.32. The number of carbonyl (C=O) groups is 1. The van der Waals surface area contributed by atoms with Crippen molar-refractivity contribution in [2.24, 2.45) is 0 Å². The van der Waals surface area contributed by atoms with Crippen LogP contribution >= 0.6 is 15.9 Å². The van der Waals surface area contributed by atoms with Crippen LogP contribution in [0.2, 0.25) is 0 Å². The molecule has 2 aromatic carbocycles. The number of hydrogen-bond acceptors (Lipinski definition) is 2. The Bertz CT molecular complexity index is 697. The van der Waals surface area contributed by atoms with Crippen LogP contribution in [0.5, 0.6) is 0 Å². The SMILES string of the molecule is Cc1cc(Br)ccc1C(=O)N1CCc2ccc(N)cc21. The zero-order valence-corrected chi connectivity index (χ0v) is 12.8. The summed E-state index contributed by atoms with van der Waals surface area (Å²) < 4.78 is 0.984. The number of aryl methyl sites for hydroxylation is 1. The standard InChI is InChI=1S/C16H15BrN2O/c1-10-8-12(17)3-5-14(10)16(20)19-7-6-11-2-4-13(18)9-15(11)19/h2-5,8-9H,6-7,18H2,1H3. The Morgan fingerprint density at radius 1 is 1.25 bits per heavy atom. The van der Waals surface area contributed by atoms with Crippen LogP contribution < -0.4 is 10.6 Å². The second kappa shape index (κ2) is 4.94. The van der Waals surface area contributed by atoms with E-state index in [4.69, 9.17) is 5.73 Å². The highest BCUT2D eigenvalue weighted by molar-refractivity contribution is 9.10. The summed E-state index contributed by atoms with van der Waals surface area (Å²) in [5, 5.41) is 0. The van der Waals surface area contributed by atoms with Crippen molar-refractivity contribution in [2.45, 2.75) is 13.3 Å². The van der Waals surface area contributed by atoms with E-state index in [1.54, 1.807) is 0 Å². The van der Waals surface area contributed by atoms with Gasteiger partial charge in [-0.3, -0.25) is 4.79 Å². The predicted molar refractivity (Wildman–Crippen MR) is 85.1 cm³/mol. The van der Waals surface area contributed by atoms with Gasteiger partial charge in [-0.25, -0.2) is 0 Å². The van der Waals surface area contributed by atoms with Gasteiger partial charge in [-0.15, -0.1) is 0 Å². The van der Waals surface area contributed by atoms with Gasteiger partial charge in [0.15, 0.2) is 0 Å². The molecule has 0 unspecified atom stereocenters. The van der Waals surface area contributed by atoms with E-state index in [1.165, 1.54) is 5.56 Å². The molecule has 0 bridgehead atoms. The third-order valence-electron chi connectivity index (χ3n) is 3.67. The van der Waals surface area contributed by atoms with Crippen LogP contribution in [0.3, 0.4) is 0 Å². The molecule has 0 radical (unpaired) electrons. The minimum Gasteiger partial charge on any atom is -0.399 e. The lowest BCUT2D eigenvalue weighted by Gasteiger charge is -2.19. The molecule has 102 valence electrons. The highest BCUT2D eigenvalue weighted by Gasteiger charge is 2.26. The van der Waals surface area contributed by atoms with Crippen molar-refractivity contribution in [3.63, 3.8) is 0 Å². The summed E-state index contributed by atoms with van der Waals surface area (Å²) in [7, 11) is 0. The summed E-state index contributed by atoms with van der Waals surface area (Å²) in [6.07, 6.45) is 0.886. The minimum atomic E-state index is 0.0411. The Morgan fingerprint density at radius 2 is 2.05 bits per heavy atom. The maximum Gasteiger partial charge on any atom is 0.258 e. The van der Waals surface area contributed by atoms with Crippen molar-refractivity contribution >= 4 is 33.2 Å². The molecule has 0 aliphatic carbocycles. The van der Waals surface area contributed by atoms with E-state index in [-0.39, 0.29) is 5.91 Å². The zero-order valence-electron chi connectivity index (χ0n) is 11.2. The van der Waals surface area contributed by atoms with Gasteiger partial charge < -0.3 is 10.6 Å². The molecule has 3 rings (SSSR count). The molecule has 3 nitrogen and oxygen atoms in total. The number of benzene rings is 2. The lowest BCUT2D eigenvalue weighted by Crippen LogP contribution is -2.29. The van der Waals surface area contributed by atoms with Crippen LogP contribution in [0.15, 0.2) is 40.9 Å². The number of amides is 1. The number of rotatable bonds is 1. The molecular weight excluding hydrogens is 316 g/mol. The van der Waals surface area contributed by atoms with Crippen LogP contribution in [0.25, 0.3) is 0 Å². The molecule has 20 heavy (non-hydrogen) atoms. The molecule has 2 aromatic rings. The highest BCUT2D eigenvalue weighted by Crippen LogP contribution is 2.31. The molecule has 1 heterocycles. The summed E-state index contributed by atoms with van der Waals surface area (Å²) in [6.45, 7) is 2.67. The Kier molecular flexibility index (Phi) is 3.26. The van der Waals surface area contributed by atoms with Gasteiger partial charge in [0.25, 0.3) is 5.91 Å². The maximum atomic E-state index is 12.7. The molecule has 0 saturated heterocycles. The molecule has 4 heteroatoms. The van der Waals surface area contributed by atoms with Gasteiger partial charge in [0.2, 0.25) is 0 Å². The fourth-order valence-corrected chi connectivity index (χ4v) is 3.10. The molecule has 1 aliphatic heterocycles.